The third-order valence-electron chi connectivity index (χ3n) is 3.00. The smallest absolute Gasteiger partial charge is 0.140 e. The SMILES string of the molecule is N#CC(=Cc1ccccc1F)c1nn(CCO)c(N)c1C#N. The van der Waals surface area contributed by atoms with Gasteiger partial charge in [0.05, 0.1) is 18.7 Å². The Morgan fingerprint density at radius 1 is 1.41 bits per heavy atom. The van der Waals surface area contributed by atoms with Crippen LogP contribution in [0, 0.1) is 28.5 Å². The molecule has 0 radical (unpaired) electrons. The second kappa shape index (κ2) is 6.53. The third kappa shape index (κ3) is 2.80. The van der Waals surface area contributed by atoms with E-state index in [2.05, 4.69) is 5.10 Å². The van der Waals surface area contributed by atoms with Crippen molar-refractivity contribution in [3.8, 4) is 12.1 Å². The molecular formula is C15H12FN5O. The molecule has 0 bridgehead atoms. The van der Waals surface area contributed by atoms with Gasteiger partial charge in [0.25, 0.3) is 0 Å². The fourth-order valence-electron chi connectivity index (χ4n) is 1.94. The van der Waals surface area contributed by atoms with Crippen molar-refractivity contribution in [1.29, 1.82) is 10.5 Å². The number of hydrogen-bond donors (Lipinski definition) is 2. The number of nitriles is 2. The van der Waals surface area contributed by atoms with Crippen LogP contribution in [0.25, 0.3) is 11.6 Å². The Morgan fingerprint density at radius 2 is 2.14 bits per heavy atom. The molecule has 0 atom stereocenters. The summed E-state index contributed by atoms with van der Waals surface area (Å²) in [4.78, 5) is 0. The summed E-state index contributed by atoms with van der Waals surface area (Å²) in [6.45, 7) is -0.117. The highest BCUT2D eigenvalue weighted by Crippen LogP contribution is 2.25. The predicted molar refractivity (Wildman–Crippen MR) is 78.3 cm³/mol. The highest BCUT2D eigenvalue weighted by atomic mass is 19.1. The highest BCUT2D eigenvalue weighted by molar-refractivity contribution is 5.91. The van der Waals surface area contributed by atoms with Crippen molar-refractivity contribution < 1.29 is 9.50 Å². The van der Waals surface area contributed by atoms with Gasteiger partial charge in [-0.15, -0.1) is 0 Å². The maximum absolute atomic E-state index is 13.7. The monoisotopic (exact) mass is 297 g/mol. The summed E-state index contributed by atoms with van der Waals surface area (Å²) in [6.07, 6.45) is 1.31. The molecule has 3 N–H and O–H groups in total. The molecule has 110 valence electrons. The number of benzene rings is 1. The summed E-state index contributed by atoms with van der Waals surface area (Å²) in [5.41, 5.74) is 6.09. The van der Waals surface area contributed by atoms with E-state index >= 15 is 0 Å². The molecule has 0 aliphatic carbocycles. The molecule has 0 saturated heterocycles. The van der Waals surface area contributed by atoms with Crippen LogP contribution < -0.4 is 5.73 Å². The van der Waals surface area contributed by atoms with Crippen LogP contribution in [-0.2, 0) is 6.54 Å². The molecule has 2 rings (SSSR count). The summed E-state index contributed by atoms with van der Waals surface area (Å²) in [6, 6.07) is 9.73. The zero-order valence-corrected chi connectivity index (χ0v) is 11.5. The lowest BCUT2D eigenvalue weighted by atomic mass is 10.1. The molecule has 7 heteroatoms. The predicted octanol–water partition coefficient (Wildman–Crippen LogP) is 1.53. The topological polar surface area (TPSA) is 112 Å². The maximum atomic E-state index is 13.7. The number of aliphatic hydroxyl groups is 1. The number of anilines is 1. The number of allylic oxidation sites excluding steroid dienone is 1. The second-order valence-electron chi connectivity index (χ2n) is 4.36. The van der Waals surface area contributed by atoms with Crippen LogP contribution in [0.2, 0.25) is 0 Å². The number of rotatable bonds is 4. The van der Waals surface area contributed by atoms with Crippen LogP contribution in [0.5, 0.6) is 0 Å². The highest BCUT2D eigenvalue weighted by Gasteiger charge is 2.19. The largest absolute Gasteiger partial charge is 0.394 e. The molecule has 1 aromatic carbocycles. The summed E-state index contributed by atoms with van der Waals surface area (Å²) in [5, 5.41) is 31.5. The van der Waals surface area contributed by atoms with Crippen molar-refractivity contribution in [2.45, 2.75) is 6.54 Å². The lowest BCUT2D eigenvalue weighted by molar-refractivity contribution is 0.270. The molecule has 6 nitrogen and oxygen atoms in total. The van der Waals surface area contributed by atoms with Gasteiger partial charge in [-0.1, -0.05) is 18.2 Å². The van der Waals surface area contributed by atoms with Crippen LogP contribution in [0.15, 0.2) is 24.3 Å². The molecule has 1 aromatic heterocycles. The standard InChI is InChI=1S/C15H12FN5O/c16-13-4-2-1-3-10(13)7-11(8-17)14-12(9-18)15(19)21(20-14)5-6-22/h1-4,7,22H,5-6,19H2. The maximum Gasteiger partial charge on any atom is 0.140 e. The van der Waals surface area contributed by atoms with Gasteiger partial charge in [0, 0.05) is 5.56 Å². The Balaban J connectivity index is 2.58. The van der Waals surface area contributed by atoms with E-state index in [0.29, 0.717) is 0 Å². The Morgan fingerprint density at radius 3 is 2.73 bits per heavy atom. The molecule has 0 unspecified atom stereocenters. The van der Waals surface area contributed by atoms with Crippen LogP contribution in [0.3, 0.4) is 0 Å². The lowest BCUT2D eigenvalue weighted by Gasteiger charge is -1.99. The first-order valence-electron chi connectivity index (χ1n) is 6.36. The summed E-state index contributed by atoms with van der Waals surface area (Å²) < 4.78 is 14.9. The summed E-state index contributed by atoms with van der Waals surface area (Å²) in [7, 11) is 0. The van der Waals surface area contributed by atoms with Gasteiger partial charge in [0.15, 0.2) is 0 Å². The van der Waals surface area contributed by atoms with E-state index in [1.807, 2.05) is 12.1 Å². The third-order valence-corrected chi connectivity index (χ3v) is 3.00. The first-order valence-corrected chi connectivity index (χ1v) is 6.36. The van der Waals surface area contributed by atoms with Crippen molar-refractivity contribution in [2.24, 2.45) is 0 Å². The minimum absolute atomic E-state index is 0.0186. The first-order chi connectivity index (χ1) is 10.6. The molecule has 0 spiro atoms. The lowest BCUT2D eigenvalue weighted by Crippen LogP contribution is -2.07. The van der Waals surface area contributed by atoms with Crippen molar-refractivity contribution in [1.82, 2.24) is 9.78 Å². The van der Waals surface area contributed by atoms with Crippen molar-refractivity contribution in [3.63, 3.8) is 0 Å². The zero-order chi connectivity index (χ0) is 16.1. The van der Waals surface area contributed by atoms with Gasteiger partial charge in [-0.2, -0.15) is 15.6 Å². The number of nitrogen functional groups attached to an aromatic ring is 1. The molecule has 0 aliphatic heterocycles. The molecule has 22 heavy (non-hydrogen) atoms. The number of hydrogen-bond acceptors (Lipinski definition) is 5. The normalized spacial score (nSPS) is 11.0. The van der Waals surface area contributed by atoms with Gasteiger partial charge in [0.2, 0.25) is 0 Å². The van der Waals surface area contributed by atoms with E-state index in [9.17, 15) is 14.9 Å². The van der Waals surface area contributed by atoms with Crippen LogP contribution in [0.1, 0.15) is 16.8 Å². The van der Waals surface area contributed by atoms with Crippen LogP contribution in [0.4, 0.5) is 10.2 Å². The van der Waals surface area contributed by atoms with E-state index < -0.39 is 5.82 Å². The first kappa shape index (κ1) is 15.2. The fraction of sp³-hybridized carbons (Fsp3) is 0.133. The Kier molecular flexibility index (Phi) is 4.52. The molecule has 0 amide bonds. The van der Waals surface area contributed by atoms with Gasteiger partial charge < -0.3 is 10.8 Å². The van der Waals surface area contributed by atoms with Crippen molar-refractivity contribution in [2.75, 3.05) is 12.3 Å². The minimum atomic E-state index is -0.489. The number of nitrogens with zero attached hydrogens (tertiary/aromatic N) is 4. The summed E-state index contributed by atoms with van der Waals surface area (Å²) in [5.74, 6) is -0.433. The van der Waals surface area contributed by atoms with E-state index in [4.69, 9.17) is 10.8 Å². The summed E-state index contributed by atoms with van der Waals surface area (Å²) >= 11 is 0. The van der Waals surface area contributed by atoms with E-state index in [1.165, 1.54) is 29.0 Å². The van der Waals surface area contributed by atoms with E-state index in [1.54, 1.807) is 6.07 Å². The molecule has 0 aliphatic rings. The van der Waals surface area contributed by atoms with Gasteiger partial charge in [-0.05, 0) is 12.1 Å². The Bertz CT molecular complexity index is 810. The van der Waals surface area contributed by atoms with Crippen molar-refractivity contribution >= 4 is 17.5 Å². The van der Waals surface area contributed by atoms with E-state index in [0.717, 1.165) is 0 Å². The number of aliphatic hydroxyl groups excluding tert-OH is 1. The fourth-order valence-corrected chi connectivity index (χ4v) is 1.94. The molecular weight excluding hydrogens is 285 g/mol. The van der Waals surface area contributed by atoms with Gasteiger partial charge in [0.1, 0.15) is 35.0 Å². The number of nitrogens with two attached hydrogens (primary N) is 1. The Labute approximate surface area is 126 Å². The second-order valence-corrected chi connectivity index (χ2v) is 4.36. The number of aromatic nitrogens is 2. The Hall–Kier alpha value is -3.16. The molecule has 0 saturated carbocycles. The average molecular weight is 297 g/mol. The average Bonchev–Trinajstić information content (AvgIpc) is 2.83. The zero-order valence-electron chi connectivity index (χ0n) is 11.5. The van der Waals surface area contributed by atoms with Gasteiger partial charge >= 0.3 is 0 Å². The van der Waals surface area contributed by atoms with Crippen LogP contribution in [-0.4, -0.2) is 21.5 Å². The van der Waals surface area contributed by atoms with Crippen molar-refractivity contribution in [3.05, 3.63) is 46.9 Å². The quantitative estimate of drug-likeness (QED) is 0.831. The molecule has 1 heterocycles. The number of halogens is 1. The van der Waals surface area contributed by atoms with Gasteiger partial charge in [-0.3, -0.25) is 0 Å². The van der Waals surface area contributed by atoms with Gasteiger partial charge in [-0.25, -0.2) is 9.07 Å². The molecule has 2 aromatic rings. The van der Waals surface area contributed by atoms with E-state index in [-0.39, 0.29) is 41.4 Å². The van der Waals surface area contributed by atoms with Crippen LogP contribution >= 0.6 is 0 Å². The molecule has 0 fully saturated rings. The minimum Gasteiger partial charge on any atom is -0.394 e.